The fourth-order valence-corrected chi connectivity index (χ4v) is 3.18. The molecule has 7 nitrogen and oxygen atoms in total. The molecular formula is C19H20N6O. The van der Waals surface area contributed by atoms with Crippen LogP contribution in [0.3, 0.4) is 0 Å². The van der Waals surface area contributed by atoms with Crippen LogP contribution < -0.4 is 15.5 Å². The van der Waals surface area contributed by atoms with Gasteiger partial charge in [0.2, 0.25) is 0 Å². The third-order valence-corrected chi connectivity index (χ3v) is 4.44. The van der Waals surface area contributed by atoms with Crippen molar-refractivity contribution >= 4 is 17.4 Å². The zero-order chi connectivity index (χ0) is 17.8. The van der Waals surface area contributed by atoms with Gasteiger partial charge in [0.15, 0.2) is 0 Å². The van der Waals surface area contributed by atoms with Gasteiger partial charge in [-0.1, -0.05) is 29.5 Å². The SMILES string of the molecule is O=C(Nc1cccc(-n2ccnn2)c1)N[C@@H]1CCN(c2ccccc2)C1. The van der Waals surface area contributed by atoms with E-state index in [1.165, 1.54) is 5.69 Å². The monoisotopic (exact) mass is 348 g/mol. The average Bonchev–Trinajstić information content (AvgIpc) is 3.35. The molecular weight excluding hydrogens is 328 g/mol. The molecule has 1 saturated heterocycles. The van der Waals surface area contributed by atoms with Crippen molar-refractivity contribution in [2.24, 2.45) is 0 Å². The standard InChI is InChI=1S/C19H20N6O/c26-19(21-15-5-4-8-18(13-15)25-12-10-20-23-25)22-16-9-11-24(14-16)17-6-2-1-3-7-17/h1-8,10,12-13,16H,9,11,14H2,(H2,21,22,26)/t16-/m1/s1. The Morgan fingerprint density at radius 1 is 1.08 bits per heavy atom. The lowest BCUT2D eigenvalue weighted by Gasteiger charge is -2.19. The third kappa shape index (κ3) is 3.66. The molecule has 3 aromatic rings. The molecule has 0 radical (unpaired) electrons. The van der Waals surface area contributed by atoms with Crippen molar-refractivity contribution in [2.75, 3.05) is 23.3 Å². The number of carbonyl (C=O) groups excluding carboxylic acids is 1. The fraction of sp³-hybridized carbons (Fsp3) is 0.211. The Kier molecular flexibility index (Phi) is 4.51. The first-order valence-corrected chi connectivity index (χ1v) is 8.62. The minimum Gasteiger partial charge on any atom is -0.369 e. The van der Waals surface area contributed by atoms with Crippen molar-refractivity contribution < 1.29 is 4.79 Å². The van der Waals surface area contributed by atoms with E-state index >= 15 is 0 Å². The van der Waals surface area contributed by atoms with Gasteiger partial charge in [0.05, 0.1) is 18.1 Å². The van der Waals surface area contributed by atoms with Crippen LogP contribution in [0, 0.1) is 0 Å². The van der Waals surface area contributed by atoms with Crippen LogP contribution in [-0.2, 0) is 0 Å². The highest BCUT2D eigenvalue weighted by molar-refractivity contribution is 5.89. The predicted octanol–water partition coefficient (Wildman–Crippen LogP) is 2.67. The summed E-state index contributed by atoms with van der Waals surface area (Å²) in [7, 11) is 0. The van der Waals surface area contributed by atoms with E-state index in [1.807, 2.05) is 42.5 Å². The van der Waals surface area contributed by atoms with Gasteiger partial charge in [-0.25, -0.2) is 9.48 Å². The summed E-state index contributed by atoms with van der Waals surface area (Å²) in [6.07, 6.45) is 4.31. The first-order valence-electron chi connectivity index (χ1n) is 8.62. The highest BCUT2D eigenvalue weighted by Crippen LogP contribution is 2.20. The molecule has 2 aromatic carbocycles. The Morgan fingerprint density at radius 2 is 1.92 bits per heavy atom. The minimum atomic E-state index is -0.194. The van der Waals surface area contributed by atoms with Crippen LogP contribution >= 0.6 is 0 Å². The number of hydrogen-bond donors (Lipinski definition) is 2. The molecule has 132 valence electrons. The number of nitrogens with zero attached hydrogens (tertiary/aromatic N) is 4. The smallest absolute Gasteiger partial charge is 0.319 e. The van der Waals surface area contributed by atoms with Gasteiger partial charge >= 0.3 is 6.03 Å². The van der Waals surface area contributed by atoms with Crippen LogP contribution in [-0.4, -0.2) is 40.2 Å². The molecule has 0 spiro atoms. The highest BCUT2D eigenvalue weighted by Gasteiger charge is 2.23. The van der Waals surface area contributed by atoms with E-state index in [2.05, 4.69) is 38.0 Å². The Labute approximate surface area is 151 Å². The van der Waals surface area contributed by atoms with Gasteiger partial charge in [-0.15, -0.1) is 5.10 Å². The number of rotatable bonds is 4. The van der Waals surface area contributed by atoms with E-state index in [0.717, 1.165) is 25.2 Å². The highest BCUT2D eigenvalue weighted by atomic mass is 16.2. The molecule has 1 aliphatic heterocycles. The summed E-state index contributed by atoms with van der Waals surface area (Å²) in [5.74, 6) is 0. The summed E-state index contributed by atoms with van der Waals surface area (Å²) >= 11 is 0. The Morgan fingerprint density at radius 3 is 2.73 bits per heavy atom. The van der Waals surface area contributed by atoms with E-state index in [-0.39, 0.29) is 12.1 Å². The topological polar surface area (TPSA) is 75.1 Å². The molecule has 0 unspecified atom stereocenters. The average molecular weight is 348 g/mol. The number of benzene rings is 2. The molecule has 1 atom stereocenters. The second-order valence-electron chi connectivity index (χ2n) is 6.26. The van der Waals surface area contributed by atoms with Crippen LogP contribution in [0.25, 0.3) is 5.69 Å². The predicted molar refractivity (Wildman–Crippen MR) is 101 cm³/mol. The molecule has 0 bridgehead atoms. The molecule has 2 amide bonds. The number of anilines is 2. The van der Waals surface area contributed by atoms with Crippen LogP contribution in [0.5, 0.6) is 0 Å². The van der Waals surface area contributed by atoms with Crippen molar-refractivity contribution in [2.45, 2.75) is 12.5 Å². The summed E-state index contributed by atoms with van der Waals surface area (Å²) in [6, 6.07) is 17.7. The molecule has 1 aromatic heterocycles. The summed E-state index contributed by atoms with van der Waals surface area (Å²) in [5.41, 5.74) is 2.75. The summed E-state index contributed by atoms with van der Waals surface area (Å²) < 4.78 is 1.65. The van der Waals surface area contributed by atoms with E-state index in [1.54, 1.807) is 17.1 Å². The number of aromatic nitrogens is 3. The van der Waals surface area contributed by atoms with Crippen molar-refractivity contribution in [3.63, 3.8) is 0 Å². The number of nitrogens with one attached hydrogen (secondary N) is 2. The van der Waals surface area contributed by atoms with Crippen molar-refractivity contribution in [1.29, 1.82) is 0 Å². The molecule has 4 rings (SSSR count). The summed E-state index contributed by atoms with van der Waals surface area (Å²) in [4.78, 5) is 14.6. The Bertz CT molecular complexity index is 865. The van der Waals surface area contributed by atoms with E-state index < -0.39 is 0 Å². The van der Waals surface area contributed by atoms with Crippen LogP contribution in [0.2, 0.25) is 0 Å². The molecule has 1 fully saturated rings. The van der Waals surface area contributed by atoms with Crippen molar-refractivity contribution in [3.8, 4) is 5.69 Å². The number of urea groups is 1. The maximum atomic E-state index is 12.3. The first-order chi connectivity index (χ1) is 12.8. The zero-order valence-electron chi connectivity index (χ0n) is 14.2. The lowest BCUT2D eigenvalue weighted by Crippen LogP contribution is -2.39. The molecule has 2 heterocycles. The summed E-state index contributed by atoms with van der Waals surface area (Å²) in [6.45, 7) is 1.76. The van der Waals surface area contributed by atoms with Gasteiger partial charge in [0.1, 0.15) is 0 Å². The minimum absolute atomic E-state index is 0.133. The third-order valence-electron chi connectivity index (χ3n) is 4.44. The lowest BCUT2D eigenvalue weighted by atomic mass is 10.2. The van der Waals surface area contributed by atoms with Gasteiger partial charge in [-0.2, -0.15) is 0 Å². The maximum absolute atomic E-state index is 12.3. The Balaban J connectivity index is 1.34. The molecule has 26 heavy (non-hydrogen) atoms. The van der Waals surface area contributed by atoms with E-state index in [4.69, 9.17) is 0 Å². The van der Waals surface area contributed by atoms with Crippen LogP contribution in [0.4, 0.5) is 16.2 Å². The molecule has 7 heteroatoms. The second kappa shape index (κ2) is 7.26. The number of hydrogen-bond acceptors (Lipinski definition) is 4. The molecule has 2 N–H and O–H groups in total. The largest absolute Gasteiger partial charge is 0.369 e. The van der Waals surface area contributed by atoms with Gasteiger partial charge in [0, 0.05) is 30.5 Å². The number of para-hydroxylation sites is 1. The van der Waals surface area contributed by atoms with Gasteiger partial charge in [-0.3, -0.25) is 0 Å². The molecule has 0 aliphatic carbocycles. The van der Waals surface area contributed by atoms with Gasteiger partial charge in [-0.05, 0) is 36.8 Å². The van der Waals surface area contributed by atoms with Crippen molar-refractivity contribution in [3.05, 3.63) is 67.0 Å². The van der Waals surface area contributed by atoms with Crippen LogP contribution in [0.15, 0.2) is 67.0 Å². The Hall–Kier alpha value is -3.35. The first kappa shape index (κ1) is 16.1. The normalized spacial score (nSPS) is 16.5. The van der Waals surface area contributed by atoms with E-state index in [9.17, 15) is 4.79 Å². The molecule has 1 aliphatic rings. The van der Waals surface area contributed by atoms with Gasteiger partial charge in [0.25, 0.3) is 0 Å². The van der Waals surface area contributed by atoms with E-state index in [0.29, 0.717) is 5.69 Å². The summed E-state index contributed by atoms with van der Waals surface area (Å²) in [5, 5.41) is 13.7. The maximum Gasteiger partial charge on any atom is 0.319 e. The number of carbonyl (C=O) groups is 1. The molecule has 0 saturated carbocycles. The second-order valence-corrected chi connectivity index (χ2v) is 6.26. The van der Waals surface area contributed by atoms with Gasteiger partial charge < -0.3 is 15.5 Å². The fourth-order valence-electron chi connectivity index (χ4n) is 3.18. The van der Waals surface area contributed by atoms with Crippen LogP contribution in [0.1, 0.15) is 6.42 Å². The zero-order valence-corrected chi connectivity index (χ0v) is 14.2. The van der Waals surface area contributed by atoms with Crippen molar-refractivity contribution in [1.82, 2.24) is 20.3 Å². The quantitative estimate of drug-likeness (QED) is 0.760. The lowest BCUT2D eigenvalue weighted by molar-refractivity contribution is 0.249. The number of amides is 2.